The van der Waals surface area contributed by atoms with Gasteiger partial charge in [0.25, 0.3) is 5.91 Å². The smallest absolute Gasteiger partial charge is 0.251 e. The standard InChI is InChI=1S/C14H20FNO2/c1-2-4-11(7-8-17)10-16-14(18)12-5-3-6-13(15)9-12/h3,5-6,9,11,17H,2,4,7-8,10H2,1H3,(H,16,18). The Bertz CT molecular complexity index is 376. The topological polar surface area (TPSA) is 49.3 Å². The summed E-state index contributed by atoms with van der Waals surface area (Å²) in [6, 6.07) is 5.62. The molecule has 0 heterocycles. The number of rotatable bonds is 7. The number of benzene rings is 1. The fourth-order valence-corrected chi connectivity index (χ4v) is 1.91. The van der Waals surface area contributed by atoms with Gasteiger partial charge in [-0.3, -0.25) is 4.79 Å². The van der Waals surface area contributed by atoms with E-state index in [4.69, 9.17) is 5.11 Å². The van der Waals surface area contributed by atoms with Gasteiger partial charge in [-0.05, 0) is 37.0 Å². The average Bonchev–Trinajstić information content (AvgIpc) is 2.36. The van der Waals surface area contributed by atoms with E-state index in [0.717, 1.165) is 12.8 Å². The van der Waals surface area contributed by atoms with Crippen molar-refractivity contribution in [3.8, 4) is 0 Å². The van der Waals surface area contributed by atoms with Crippen LogP contribution in [0.5, 0.6) is 0 Å². The highest BCUT2D eigenvalue weighted by molar-refractivity contribution is 5.94. The highest BCUT2D eigenvalue weighted by atomic mass is 19.1. The van der Waals surface area contributed by atoms with Crippen LogP contribution < -0.4 is 5.32 Å². The minimum Gasteiger partial charge on any atom is -0.396 e. The summed E-state index contributed by atoms with van der Waals surface area (Å²) in [7, 11) is 0. The zero-order valence-electron chi connectivity index (χ0n) is 10.7. The Kier molecular flexibility index (Phi) is 6.36. The lowest BCUT2D eigenvalue weighted by atomic mass is 10.00. The molecule has 100 valence electrons. The molecule has 0 spiro atoms. The number of hydrogen-bond donors (Lipinski definition) is 2. The molecule has 1 atom stereocenters. The summed E-state index contributed by atoms with van der Waals surface area (Å²) < 4.78 is 13.0. The molecule has 2 N–H and O–H groups in total. The molecule has 18 heavy (non-hydrogen) atoms. The van der Waals surface area contributed by atoms with Gasteiger partial charge in [0.2, 0.25) is 0 Å². The molecular formula is C14H20FNO2. The quantitative estimate of drug-likeness (QED) is 0.783. The largest absolute Gasteiger partial charge is 0.396 e. The van der Waals surface area contributed by atoms with E-state index >= 15 is 0 Å². The molecule has 1 aromatic carbocycles. The van der Waals surface area contributed by atoms with Crippen molar-refractivity contribution in [1.29, 1.82) is 0 Å². The van der Waals surface area contributed by atoms with Crippen molar-refractivity contribution in [1.82, 2.24) is 5.32 Å². The van der Waals surface area contributed by atoms with E-state index in [9.17, 15) is 9.18 Å². The third-order valence-electron chi connectivity index (χ3n) is 2.87. The zero-order chi connectivity index (χ0) is 13.4. The predicted octanol–water partition coefficient (Wildman–Crippen LogP) is 2.35. The van der Waals surface area contributed by atoms with Gasteiger partial charge >= 0.3 is 0 Å². The zero-order valence-corrected chi connectivity index (χ0v) is 10.7. The van der Waals surface area contributed by atoms with E-state index in [1.54, 1.807) is 6.07 Å². The van der Waals surface area contributed by atoms with Gasteiger partial charge in [0.15, 0.2) is 0 Å². The van der Waals surface area contributed by atoms with Gasteiger partial charge in [-0.15, -0.1) is 0 Å². The SMILES string of the molecule is CCCC(CCO)CNC(=O)c1cccc(F)c1. The maximum Gasteiger partial charge on any atom is 0.251 e. The lowest BCUT2D eigenvalue weighted by Crippen LogP contribution is -2.29. The van der Waals surface area contributed by atoms with Crippen LogP contribution in [0.15, 0.2) is 24.3 Å². The van der Waals surface area contributed by atoms with Crippen LogP contribution in [0.4, 0.5) is 4.39 Å². The normalized spacial score (nSPS) is 12.2. The van der Waals surface area contributed by atoms with Crippen LogP contribution in [0.2, 0.25) is 0 Å². The Balaban J connectivity index is 2.49. The van der Waals surface area contributed by atoms with Crippen LogP contribution in [0.25, 0.3) is 0 Å². The summed E-state index contributed by atoms with van der Waals surface area (Å²) in [5.41, 5.74) is 0.328. The molecule has 0 aliphatic rings. The number of nitrogens with one attached hydrogen (secondary N) is 1. The molecular weight excluding hydrogens is 233 g/mol. The van der Waals surface area contributed by atoms with Crippen molar-refractivity contribution < 1.29 is 14.3 Å². The lowest BCUT2D eigenvalue weighted by Gasteiger charge is -2.15. The van der Waals surface area contributed by atoms with Gasteiger partial charge < -0.3 is 10.4 Å². The Morgan fingerprint density at radius 3 is 2.83 bits per heavy atom. The molecule has 0 aliphatic heterocycles. The summed E-state index contributed by atoms with van der Waals surface area (Å²) in [6.07, 6.45) is 2.65. The van der Waals surface area contributed by atoms with Crippen molar-refractivity contribution in [3.05, 3.63) is 35.6 Å². The van der Waals surface area contributed by atoms with Gasteiger partial charge in [0.1, 0.15) is 5.82 Å². The molecule has 0 fully saturated rings. The molecule has 0 bridgehead atoms. The first-order valence-electron chi connectivity index (χ1n) is 6.32. The molecule has 4 heteroatoms. The molecule has 1 rings (SSSR count). The van der Waals surface area contributed by atoms with Crippen molar-refractivity contribution in [2.45, 2.75) is 26.2 Å². The Morgan fingerprint density at radius 1 is 1.44 bits per heavy atom. The third kappa shape index (κ3) is 4.84. The number of aliphatic hydroxyl groups excluding tert-OH is 1. The second-order valence-electron chi connectivity index (χ2n) is 4.39. The minimum absolute atomic E-state index is 0.125. The highest BCUT2D eigenvalue weighted by Gasteiger charge is 2.11. The minimum atomic E-state index is -0.414. The number of hydrogen-bond acceptors (Lipinski definition) is 2. The van der Waals surface area contributed by atoms with Gasteiger partial charge in [-0.1, -0.05) is 19.4 Å². The van der Waals surface area contributed by atoms with Crippen molar-refractivity contribution in [3.63, 3.8) is 0 Å². The third-order valence-corrected chi connectivity index (χ3v) is 2.87. The molecule has 0 aromatic heterocycles. The summed E-state index contributed by atoms with van der Waals surface area (Å²) in [5.74, 6) is -0.408. The van der Waals surface area contributed by atoms with Crippen molar-refractivity contribution in [2.24, 2.45) is 5.92 Å². The second kappa shape index (κ2) is 7.82. The van der Waals surface area contributed by atoms with E-state index in [0.29, 0.717) is 18.5 Å². The summed E-state index contributed by atoms with van der Waals surface area (Å²) in [5, 5.41) is 11.7. The van der Waals surface area contributed by atoms with Gasteiger partial charge in [0, 0.05) is 18.7 Å². The fourth-order valence-electron chi connectivity index (χ4n) is 1.91. The average molecular weight is 253 g/mol. The summed E-state index contributed by atoms with van der Waals surface area (Å²) in [6.45, 7) is 2.71. The Morgan fingerprint density at radius 2 is 2.22 bits per heavy atom. The van der Waals surface area contributed by atoms with E-state index in [-0.39, 0.29) is 18.4 Å². The molecule has 0 aliphatic carbocycles. The first-order chi connectivity index (χ1) is 8.67. The van der Waals surface area contributed by atoms with E-state index in [1.807, 2.05) is 0 Å². The molecule has 0 saturated heterocycles. The highest BCUT2D eigenvalue weighted by Crippen LogP contribution is 2.10. The van der Waals surface area contributed by atoms with Crippen molar-refractivity contribution >= 4 is 5.91 Å². The van der Waals surface area contributed by atoms with Crippen LogP contribution in [-0.4, -0.2) is 24.2 Å². The van der Waals surface area contributed by atoms with Gasteiger partial charge in [-0.2, -0.15) is 0 Å². The van der Waals surface area contributed by atoms with E-state index in [1.165, 1.54) is 18.2 Å². The first-order valence-corrected chi connectivity index (χ1v) is 6.32. The van der Waals surface area contributed by atoms with Crippen LogP contribution >= 0.6 is 0 Å². The maximum absolute atomic E-state index is 13.0. The van der Waals surface area contributed by atoms with Crippen molar-refractivity contribution in [2.75, 3.05) is 13.2 Å². The maximum atomic E-state index is 13.0. The number of carbonyl (C=O) groups is 1. The Hall–Kier alpha value is -1.42. The van der Waals surface area contributed by atoms with Crippen LogP contribution in [0.3, 0.4) is 0 Å². The summed E-state index contributed by atoms with van der Waals surface area (Å²) in [4.78, 5) is 11.8. The van der Waals surface area contributed by atoms with Gasteiger partial charge in [0.05, 0.1) is 0 Å². The molecule has 3 nitrogen and oxygen atoms in total. The molecule has 1 amide bonds. The number of aliphatic hydroxyl groups is 1. The van der Waals surface area contributed by atoms with E-state index < -0.39 is 5.82 Å². The number of amides is 1. The molecule has 1 unspecified atom stereocenters. The van der Waals surface area contributed by atoms with Gasteiger partial charge in [-0.25, -0.2) is 4.39 Å². The fraction of sp³-hybridized carbons (Fsp3) is 0.500. The number of carbonyl (C=O) groups excluding carboxylic acids is 1. The number of halogens is 1. The lowest BCUT2D eigenvalue weighted by molar-refractivity contribution is 0.0942. The molecule has 0 radical (unpaired) electrons. The first kappa shape index (κ1) is 14.6. The Labute approximate surface area is 107 Å². The van der Waals surface area contributed by atoms with Crippen LogP contribution in [0.1, 0.15) is 36.5 Å². The van der Waals surface area contributed by atoms with Crippen LogP contribution in [0, 0.1) is 11.7 Å². The second-order valence-corrected chi connectivity index (χ2v) is 4.39. The van der Waals surface area contributed by atoms with E-state index in [2.05, 4.69) is 12.2 Å². The molecule has 1 aromatic rings. The molecule has 0 saturated carbocycles. The monoisotopic (exact) mass is 253 g/mol. The van der Waals surface area contributed by atoms with Crippen LogP contribution in [-0.2, 0) is 0 Å². The predicted molar refractivity (Wildman–Crippen MR) is 68.8 cm³/mol. The summed E-state index contributed by atoms with van der Waals surface area (Å²) >= 11 is 0.